The molecule has 148 valence electrons. The summed E-state index contributed by atoms with van der Waals surface area (Å²) in [6.07, 6.45) is 2.63. The van der Waals surface area contributed by atoms with Gasteiger partial charge >= 0.3 is 0 Å². The van der Waals surface area contributed by atoms with E-state index in [2.05, 4.69) is 0 Å². The summed E-state index contributed by atoms with van der Waals surface area (Å²) in [5.41, 5.74) is -0.0815. The molecular formula is C20H27ClN2O4. The van der Waals surface area contributed by atoms with Gasteiger partial charge in [-0.3, -0.25) is 9.59 Å². The molecule has 3 rings (SSSR count). The summed E-state index contributed by atoms with van der Waals surface area (Å²) in [7, 11) is 1.50. The van der Waals surface area contributed by atoms with Crippen molar-refractivity contribution in [3.05, 3.63) is 34.9 Å². The lowest BCUT2D eigenvalue weighted by molar-refractivity contribution is -0.145. The lowest BCUT2D eigenvalue weighted by Gasteiger charge is -2.41. The second-order valence-electron chi connectivity index (χ2n) is 7.48. The van der Waals surface area contributed by atoms with Gasteiger partial charge in [-0.15, -0.1) is 0 Å². The third kappa shape index (κ3) is 4.62. The van der Waals surface area contributed by atoms with Crippen LogP contribution in [0.3, 0.4) is 0 Å². The van der Waals surface area contributed by atoms with Crippen LogP contribution in [0.2, 0.25) is 5.02 Å². The van der Waals surface area contributed by atoms with E-state index < -0.39 is 5.60 Å². The molecule has 0 aromatic heterocycles. The highest BCUT2D eigenvalue weighted by Crippen LogP contribution is 2.34. The summed E-state index contributed by atoms with van der Waals surface area (Å²) >= 11 is 5.93. The molecule has 1 N–H and O–H groups in total. The summed E-state index contributed by atoms with van der Waals surface area (Å²) in [5.74, 6) is -0.143. The molecule has 1 aromatic rings. The van der Waals surface area contributed by atoms with Crippen molar-refractivity contribution in [3.63, 3.8) is 0 Å². The van der Waals surface area contributed by atoms with Crippen LogP contribution >= 0.6 is 11.6 Å². The fourth-order valence-electron chi connectivity index (χ4n) is 4.02. The maximum absolute atomic E-state index is 12.9. The number of carbonyl (C=O) groups is 2. The van der Waals surface area contributed by atoms with Crippen molar-refractivity contribution in [1.29, 1.82) is 0 Å². The summed E-state index contributed by atoms with van der Waals surface area (Å²) in [5, 5.41) is 11.6. The number of nitrogens with zero attached hydrogens (tertiary/aromatic N) is 2. The maximum atomic E-state index is 12.9. The number of likely N-dealkylation sites (tertiary alicyclic amines) is 2. The standard InChI is InChI=1S/C20H27ClN2O4/c1-27-14-18(24)23-10-2-3-15(13-23)19(25)22-11-8-20(26,9-12-22)16-4-6-17(21)7-5-16/h4-7,15,26H,2-3,8-14H2,1H3/t15-/m1/s1. The van der Waals surface area contributed by atoms with Gasteiger partial charge in [-0.2, -0.15) is 0 Å². The van der Waals surface area contributed by atoms with Crippen molar-refractivity contribution >= 4 is 23.4 Å². The smallest absolute Gasteiger partial charge is 0.248 e. The maximum Gasteiger partial charge on any atom is 0.248 e. The fourth-order valence-corrected chi connectivity index (χ4v) is 4.15. The van der Waals surface area contributed by atoms with E-state index in [-0.39, 0.29) is 24.3 Å². The molecule has 0 aliphatic carbocycles. The molecule has 0 spiro atoms. The number of piperidine rings is 2. The van der Waals surface area contributed by atoms with Crippen molar-refractivity contribution < 1.29 is 19.4 Å². The molecule has 0 unspecified atom stereocenters. The molecule has 7 heteroatoms. The molecule has 2 amide bonds. The van der Waals surface area contributed by atoms with Gasteiger partial charge in [0, 0.05) is 38.3 Å². The lowest BCUT2D eigenvalue weighted by atomic mass is 9.84. The number of methoxy groups -OCH3 is 1. The first-order valence-electron chi connectivity index (χ1n) is 9.47. The predicted molar refractivity (Wildman–Crippen MR) is 102 cm³/mol. The molecule has 27 heavy (non-hydrogen) atoms. The number of hydrogen-bond donors (Lipinski definition) is 1. The highest BCUT2D eigenvalue weighted by Gasteiger charge is 2.38. The van der Waals surface area contributed by atoms with E-state index in [1.54, 1.807) is 17.0 Å². The Morgan fingerprint density at radius 3 is 2.48 bits per heavy atom. The van der Waals surface area contributed by atoms with Crippen LogP contribution in [0.5, 0.6) is 0 Å². The molecule has 1 aromatic carbocycles. The zero-order valence-corrected chi connectivity index (χ0v) is 16.5. The number of hydrogen-bond acceptors (Lipinski definition) is 4. The van der Waals surface area contributed by atoms with E-state index >= 15 is 0 Å². The molecule has 2 fully saturated rings. The minimum absolute atomic E-state index is 0.0543. The van der Waals surface area contributed by atoms with Gasteiger partial charge in [-0.1, -0.05) is 23.7 Å². The molecule has 0 bridgehead atoms. The number of halogens is 1. The molecule has 2 saturated heterocycles. The van der Waals surface area contributed by atoms with Crippen molar-refractivity contribution in [2.75, 3.05) is 39.9 Å². The van der Waals surface area contributed by atoms with Crippen LogP contribution in [0.15, 0.2) is 24.3 Å². The number of carbonyl (C=O) groups excluding carboxylic acids is 2. The topological polar surface area (TPSA) is 70.1 Å². The Bertz CT molecular complexity index is 671. The summed E-state index contributed by atoms with van der Waals surface area (Å²) in [4.78, 5) is 28.5. The number of benzene rings is 1. The van der Waals surface area contributed by atoms with Gasteiger partial charge in [-0.25, -0.2) is 0 Å². The van der Waals surface area contributed by atoms with Crippen molar-refractivity contribution in [2.24, 2.45) is 5.92 Å². The SMILES string of the molecule is COCC(=O)N1CCC[C@@H](C(=O)N2CCC(O)(c3ccc(Cl)cc3)CC2)C1. The average molecular weight is 395 g/mol. The number of aliphatic hydroxyl groups is 1. The van der Waals surface area contributed by atoms with Gasteiger partial charge in [0.25, 0.3) is 0 Å². The molecule has 2 aliphatic rings. The van der Waals surface area contributed by atoms with Crippen LogP contribution in [0.4, 0.5) is 0 Å². The van der Waals surface area contributed by atoms with Crippen LogP contribution in [0.25, 0.3) is 0 Å². The van der Waals surface area contributed by atoms with Crippen LogP contribution in [0, 0.1) is 5.92 Å². The Hall–Kier alpha value is -1.63. The largest absolute Gasteiger partial charge is 0.385 e. The van der Waals surface area contributed by atoms with Gasteiger partial charge in [0.2, 0.25) is 11.8 Å². The van der Waals surface area contributed by atoms with Crippen molar-refractivity contribution in [2.45, 2.75) is 31.3 Å². The molecule has 2 aliphatic heterocycles. The molecule has 6 nitrogen and oxygen atoms in total. The Morgan fingerprint density at radius 2 is 1.85 bits per heavy atom. The highest BCUT2D eigenvalue weighted by molar-refractivity contribution is 6.30. The molecule has 0 radical (unpaired) electrons. The Labute approximate surface area is 165 Å². The minimum Gasteiger partial charge on any atom is -0.385 e. The van der Waals surface area contributed by atoms with Crippen LogP contribution in [0.1, 0.15) is 31.2 Å². The van der Waals surface area contributed by atoms with Crippen molar-refractivity contribution in [1.82, 2.24) is 9.80 Å². The zero-order chi connectivity index (χ0) is 19.4. The zero-order valence-electron chi connectivity index (χ0n) is 15.7. The summed E-state index contributed by atoms with van der Waals surface area (Å²) in [6, 6.07) is 7.25. The Balaban J connectivity index is 1.58. The van der Waals surface area contributed by atoms with Gasteiger partial charge in [0.15, 0.2) is 0 Å². The van der Waals surface area contributed by atoms with E-state index in [0.717, 1.165) is 18.4 Å². The van der Waals surface area contributed by atoms with Crippen LogP contribution in [-0.2, 0) is 19.9 Å². The average Bonchev–Trinajstić information content (AvgIpc) is 2.69. The number of amides is 2. The van der Waals surface area contributed by atoms with Gasteiger partial charge in [-0.05, 0) is 43.4 Å². The van der Waals surface area contributed by atoms with Gasteiger partial charge in [0.05, 0.1) is 11.5 Å². The molecule has 0 saturated carbocycles. The third-order valence-corrected chi connectivity index (χ3v) is 5.93. The van der Waals surface area contributed by atoms with E-state index in [1.807, 2.05) is 17.0 Å². The first-order chi connectivity index (χ1) is 12.9. The number of rotatable bonds is 4. The molecule has 1 atom stereocenters. The fraction of sp³-hybridized carbons (Fsp3) is 0.600. The van der Waals surface area contributed by atoms with Gasteiger partial charge < -0.3 is 19.6 Å². The van der Waals surface area contributed by atoms with Gasteiger partial charge in [0.1, 0.15) is 6.61 Å². The first-order valence-corrected chi connectivity index (χ1v) is 9.85. The Kier molecular flexibility index (Phi) is 6.40. The van der Waals surface area contributed by atoms with Crippen molar-refractivity contribution in [3.8, 4) is 0 Å². The van der Waals surface area contributed by atoms with E-state index in [4.69, 9.17) is 16.3 Å². The molecule has 2 heterocycles. The molecular weight excluding hydrogens is 368 g/mol. The second kappa shape index (κ2) is 8.59. The Morgan fingerprint density at radius 1 is 1.19 bits per heavy atom. The van der Waals surface area contributed by atoms with Crippen LogP contribution < -0.4 is 0 Å². The third-order valence-electron chi connectivity index (χ3n) is 5.67. The van der Waals surface area contributed by atoms with E-state index in [9.17, 15) is 14.7 Å². The van der Waals surface area contributed by atoms with Crippen LogP contribution in [-0.4, -0.2) is 66.6 Å². The number of ether oxygens (including phenoxy) is 1. The summed E-state index contributed by atoms with van der Waals surface area (Å²) < 4.78 is 4.92. The minimum atomic E-state index is -0.922. The second-order valence-corrected chi connectivity index (χ2v) is 7.91. The first kappa shape index (κ1) is 20.1. The summed E-state index contributed by atoms with van der Waals surface area (Å²) in [6.45, 7) is 2.22. The monoisotopic (exact) mass is 394 g/mol. The predicted octanol–water partition coefficient (Wildman–Crippen LogP) is 2.04. The van der Waals surface area contributed by atoms with E-state index in [1.165, 1.54) is 7.11 Å². The lowest BCUT2D eigenvalue weighted by Crippen LogP contribution is -2.51. The van der Waals surface area contributed by atoms with E-state index in [0.29, 0.717) is 44.0 Å². The highest BCUT2D eigenvalue weighted by atomic mass is 35.5. The normalized spacial score (nSPS) is 22.6. The quantitative estimate of drug-likeness (QED) is 0.848.